The number of nitrogens with one attached hydrogen (secondary N) is 2. The fourth-order valence-electron chi connectivity index (χ4n) is 2.67. The predicted molar refractivity (Wildman–Crippen MR) is 114 cm³/mol. The van der Waals surface area contributed by atoms with Crippen molar-refractivity contribution in [1.82, 2.24) is 15.6 Å². The van der Waals surface area contributed by atoms with E-state index in [-0.39, 0.29) is 10.8 Å². The van der Waals surface area contributed by atoms with E-state index in [1.807, 2.05) is 12.1 Å². The quantitative estimate of drug-likeness (QED) is 0.556. The number of ether oxygens (including phenoxy) is 1. The van der Waals surface area contributed by atoms with E-state index in [2.05, 4.69) is 74.3 Å². The summed E-state index contributed by atoms with van der Waals surface area (Å²) in [5.74, 6) is 3.11. The van der Waals surface area contributed by atoms with Crippen LogP contribution in [0.2, 0.25) is 0 Å². The number of nitrogens with zero attached hydrogens (tertiary/aromatic N) is 2. The van der Waals surface area contributed by atoms with E-state index in [0.717, 1.165) is 30.6 Å². The van der Waals surface area contributed by atoms with Crippen molar-refractivity contribution in [1.29, 1.82) is 0 Å². The molecule has 0 spiro atoms. The van der Waals surface area contributed by atoms with Gasteiger partial charge in [-0.15, -0.1) is 0 Å². The number of hydrogen-bond donors (Lipinski definition) is 2. The highest BCUT2D eigenvalue weighted by molar-refractivity contribution is 5.79. The molecule has 0 radical (unpaired) electrons. The maximum absolute atomic E-state index is 5.83. The van der Waals surface area contributed by atoms with Gasteiger partial charge in [-0.05, 0) is 24.6 Å². The summed E-state index contributed by atoms with van der Waals surface area (Å²) in [5.41, 5.74) is 1.12. The van der Waals surface area contributed by atoms with Crippen LogP contribution in [0.15, 0.2) is 39.9 Å². The van der Waals surface area contributed by atoms with E-state index in [4.69, 9.17) is 9.15 Å². The number of rotatable bonds is 7. The molecule has 0 atom stereocenters. The van der Waals surface area contributed by atoms with Crippen LogP contribution in [0.25, 0.3) is 0 Å². The number of benzene rings is 1. The molecule has 0 amide bonds. The predicted octanol–water partition coefficient (Wildman–Crippen LogP) is 4.01. The molecular weight excluding hydrogens is 352 g/mol. The standard InChI is InChI=1S/C22H34N4O2/c1-8-23-20(25-14-19-24-13-18(28-19)21(2,3)4)26-15-22(5,6)16-9-11-17(27-7)12-10-16/h9-13H,8,14-15H2,1-7H3,(H2,23,25,26). The Balaban J connectivity index is 2.02. The van der Waals surface area contributed by atoms with Crippen molar-refractivity contribution in [3.63, 3.8) is 0 Å². The highest BCUT2D eigenvalue weighted by Crippen LogP contribution is 2.25. The van der Waals surface area contributed by atoms with Gasteiger partial charge in [0.1, 0.15) is 18.1 Å². The Morgan fingerprint density at radius 3 is 2.32 bits per heavy atom. The molecule has 154 valence electrons. The van der Waals surface area contributed by atoms with E-state index in [0.29, 0.717) is 12.4 Å². The van der Waals surface area contributed by atoms with Gasteiger partial charge in [-0.1, -0.05) is 46.8 Å². The van der Waals surface area contributed by atoms with E-state index in [1.165, 1.54) is 5.56 Å². The second-order valence-corrected chi connectivity index (χ2v) is 8.53. The van der Waals surface area contributed by atoms with Gasteiger partial charge in [0.2, 0.25) is 5.89 Å². The first-order valence-electron chi connectivity index (χ1n) is 9.77. The van der Waals surface area contributed by atoms with Crippen LogP contribution in [-0.2, 0) is 17.4 Å². The topological polar surface area (TPSA) is 71.7 Å². The summed E-state index contributed by atoms with van der Waals surface area (Å²) in [6, 6.07) is 8.19. The van der Waals surface area contributed by atoms with Gasteiger partial charge in [0.05, 0.1) is 13.3 Å². The molecule has 28 heavy (non-hydrogen) atoms. The number of methoxy groups -OCH3 is 1. The molecule has 0 saturated heterocycles. The molecule has 0 bridgehead atoms. The molecule has 1 aromatic carbocycles. The molecule has 0 aliphatic rings. The summed E-state index contributed by atoms with van der Waals surface area (Å²) in [7, 11) is 1.68. The Labute approximate surface area is 168 Å². The van der Waals surface area contributed by atoms with E-state index >= 15 is 0 Å². The minimum absolute atomic E-state index is 0.0555. The molecule has 0 unspecified atom stereocenters. The second kappa shape index (κ2) is 9.13. The Hall–Kier alpha value is -2.50. The van der Waals surface area contributed by atoms with Gasteiger partial charge in [0, 0.05) is 23.9 Å². The third-order valence-electron chi connectivity index (χ3n) is 4.58. The van der Waals surface area contributed by atoms with Crippen molar-refractivity contribution < 1.29 is 9.15 Å². The van der Waals surface area contributed by atoms with Crippen LogP contribution in [0.3, 0.4) is 0 Å². The summed E-state index contributed by atoms with van der Waals surface area (Å²) in [6.45, 7) is 14.7. The van der Waals surface area contributed by atoms with Gasteiger partial charge in [-0.3, -0.25) is 0 Å². The summed E-state index contributed by atoms with van der Waals surface area (Å²) in [6.07, 6.45) is 1.79. The van der Waals surface area contributed by atoms with Crippen LogP contribution < -0.4 is 15.4 Å². The summed E-state index contributed by atoms with van der Waals surface area (Å²) in [4.78, 5) is 8.97. The zero-order valence-electron chi connectivity index (χ0n) is 18.2. The van der Waals surface area contributed by atoms with Gasteiger partial charge in [-0.2, -0.15) is 0 Å². The molecule has 6 heteroatoms. The van der Waals surface area contributed by atoms with E-state index in [9.17, 15) is 0 Å². The highest BCUT2D eigenvalue weighted by Gasteiger charge is 2.21. The first-order chi connectivity index (χ1) is 13.2. The molecule has 2 N–H and O–H groups in total. The number of oxazole rings is 1. The number of guanidine groups is 1. The minimum atomic E-state index is -0.0647. The lowest BCUT2D eigenvalue weighted by Crippen LogP contribution is -2.43. The summed E-state index contributed by atoms with van der Waals surface area (Å²) < 4.78 is 11.1. The lowest BCUT2D eigenvalue weighted by Gasteiger charge is -2.27. The van der Waals surface area contributed by atoms with Crippen LogP contribution in [0.1, 0.15) is 58.8 Å². The Morgan fingerprint density at radius 1 is 1.11 bits per heavy atom. The maximum Gasteiger partial charge on any atom is 0.216 e. The van der Waals surface area contributed by atoms with Crippen LogP contribution in [-0.4, -0.2) is 31.1 Å². The van der Waals surface area contributed by atoms with Crippen LogP contribution in [0, 0.1) is 0 Å². The molecule has 2 aromatic rings. The normalized spacial score (nSPS) is 12.8. The Morgan fingerprint density at radius 2 is 1.79 bits per heavy atom. The SMILES string of the molecule is CCNC(=NCc1ncc(C(C)(C)C)o1)NCC(C)(C)c1ccc(OC)cc1. The smallest absolute Gasteiger partial charge is 0.216 e. The van der Waals surface area contributed by atoms with Gasteiger partial charge in [0.25, 0.3) is 0 Å². The second-order valence-electron chi connectivity index (χ2n) is 8.53. The van der Waals surface area contributed by atoms with Gasteiger partial charge >= 0.3 is 0 Å². The molecule has 2 rings (SSSR count). The fraction of sp³-hybridized carbons (Fsp3) is 0.545. The third-order valence-corrected chi connectivity index (χ3v) is 4.58. The molecule has 1 heterocycles. The molecule has 1 aromatic heterocycles. The van der Waals surface area contributed by atoms with E-state index < -0.39 is 0 Å². The molecule has 0 aliphatic carbocycles. The first-order valence-corrected chi connectivity index (χ1v) is 9.77. The number of hydrogen-bond acceptors (Lipinski definition) is 4. The Bertz CT molecular complexity index is 771. The largest absolute Gasteiger partial charge is 0.497 e. The number of aliphatic imine (C=N–C) groups is 1. The van der Waals surface area contributed by atoms with Gasteiger partial charge in [-0.25, -0.2) is 9.98 Å². The molecular formula is C22H34N4O2. The Kier molecular flexibility index (Phi) is 7.11. The van der Waals surface area contributed by atoms with Crippen molar-refractivity contribution >= 4 is 5.96 Å². The maximum atomic E-state index is 5.83. The number of aromatic nitrogens is 1. The third kappa shape index (κ3) is 6.01. The summed E-state index contributed by atoms with van der Waals surface area (Å²) >= 11 is 0. The van der Waals surface area contributed by atoms with Gasteiger partial charge < -0.3 is 19.8 Å². The molecule has 0 aliphatic heterocycles. The lowest BCUT2D eigenvalue weighted by atomic mass is 9.84. The zero-order chi connectivity index (χ0) is 20.8. The van der Waals surface area contributed by atoms with Crippen molar-refractivity contribution in [3.05, 3.63) is 47.7 Å². The lowest BCUT2D eigenvalue weighted by molar-refractivity contribution is 0.383. The first kappa shape index (κ1) is 21.8. The van der Waals surface area contributed by atoms with Crippen molar-refractivity contribution in [2.75, 3.05) is 20.2 Å². The van der Waals surface area contributed by atoms with Crippen molar-refractivity contribution in [2.45, 2.75) is 58.9 Å². The summed E-state index contributed by atoms with van der Waals surface area (Å²) in [5, 5.41) is 6.72. The average molecular weight is 387 g/mol. The van der Waals surface area contributed by atoms with Gasteiger partial charge in [0.15, 0.2) is 5.96 Å². The fourth-order valence-corrected chi connectivity index (χ4v) is 2.67. The van der Waals surface area contributed by atoms with Crippen LogP contribution >= 0.6 is 0 Å². The van der Waals surface area contributed by atoms with Crippen LogP contribution in [0.4, 0.5) is 0 Å². The zero-order valence-corrected chi connectivity index (χ0v) is 18.2. The average Bonchev–Trinajstić information content (AvgIpc) is 3.13. The van der Waals surface area contributed by atoms with E-state index in [1.54, 1.807) is 13.3 Å². The van der Waals surface area contributed by atoms with Crippen molar-refractivity contribution in [2.24, 2.45) is 4.99 Å². The van der Waals surface area contributed by atoms with Crippen molar-refractivity contribution in [3.8, 4) is 5.75 Å². The minimum Gasteiger partial charge on any atom is -0.497 e. The monoisotopic (exact) mass is 386 g/mol. The molecule has 6 nitrogen and oxygen atoms in total. The molecule has 0 fully saturated rings. The highest BCUT2D eigenvalue weighted by atomic mass is 16.5. The molecule has 0 saturated carbocycles. The van der Waals surface area contributed by atoms with Crippen LogP contribution in [0.5, 0.6) is 5.75 Å².